The van der Waals surface area contributed by atoms with Crippen LogP contribution in [0.15, 0.2) is 53.4 Å². The second-order valence-electron chi connectivity index (χ2n) is 5.14. The van der Waals surface area contributed by atoms with Crippen LogP contribution in [0.2, 0.25) is 0 Å². The number of aryl methyl sites for hydroxylation is 2. The highest BCUT2D eigenvalue weighted by Crippen LogP contribution is 2.28. The Balaban J connectivity index is 1.96. The summed E-state index contributed by atoms with van der Waals surface area (Å²) < 4.78 is 0. The van der Waals surface area contributed by atoms with Gasteiger partial charge in [0.25, 0.3) is 0 Å². The molecule has 0 aliphatic carbocycles. The number of hydrogen-bond acceptors (Lipinski definition) is 2. The van der Waals surface area contributed by atoms with Crippen molar-refractivity contribution in [2.45, 2.75) is 20.3 Å². The first-order valence-electron chi connectivity index (χ1n) is 6.76. The van der Waals surface area contributed by atoms with Crippen molar-refractivity contribution in [3.8, 4) is 11.3 Å². The fraction of sp³-hybridized carbons (Fsp3) is 0.167. The lowest BCUT2D eigenvalue weighted by Gasteiger charge is -2.11. The summed E-state index contributed by atoms with van der Waals surface area (Å²) in [5, 5.41) is 2.12. The van der Waals surface area contributed by atoms with Gasteiger partial charge in [-0.1, -0.05) is 42.5 Å². The van der Waals surface area contributed by atoms with Gasteiger partial charge in [0.2, 0.25) is 0 Å². The lowest BCUT2D eigenvalue weighted by Crippen LogP contribution is -1.94. The second kappa shape index (κ2) is 5.59. The minimum absolute atomic E-state index is 0.986. The summed E-state index contributed by atoms with van der Waals surface area (Å²) >= 11 is 1.65. The fourth-order valence-electron chi connectivity index (χ4n) is 2.73. The number of thiazole rings is 1. The first-order chi connectivity index (χ1) is 9.74. The predicted octanol–water partition coefficient (Wildman–Crippen LogP) is 5.02. The van der Waals surface area contributed by atoms with Crippen molar-refractivity contribution >= 4 is 11.3 Å². The maximum Gasteiger partial charge on any atom is 0.0816 e. The van der Waals surface area contributed by atoms with E-state index in [1.165, 1.54) is 27.8 Å². The van der Waals surface area contributed by atoms with E-state index in [0.29, 0.717) is 0 Å². The molecular formula is C18H17NS. The molecule has 3 rings (SSSR count). The third kappa shape index (κ3) is 2.66. The number of benzene rings is 2. The van der Waals surface area contributed by atoms with Gasteiger partial charge in [-0.05, 0) is 42.5 Å². The third-order valence-electron chi connectivity index (χ3n) is 3.53. The minimum atomic E-state index is 0.986. The minimum Gasteiger partial charge on any atom is -0.245 e. The van der Waals surface area contributed by atoms with Crippen LogP contribution in [0.1, 0.15) is 22.3 Å². The molecule has 0 radical (unpaired) electrons. The highest BCUT2D eigenvalue weighted by atomic mass is 32.1. The zero-order chi connectivity index (χ0) is 13.9. The normalized spacial score (nSPS) is 10.7. The molecule has 100 valence electrons. The zero-order valence-electron chi connectivity index (χ0n) is 11.8. The Morgan fingerprint density at radius 1 is 0.950 bits per heavy atom. The standard InChI is InChI=1S/C18H17NS/c1-13-8-16(10-15-6-4-3-5-7-15)9-14(2)18(13)17-11-20-12-19-17/h3-9,11-12H,10H2,1-2H3. The molecule has 0 atom stereocenters. The van der Waals surface area contributed by atoms with Crippen molar-refractivity contribution in [2.24, 2.45) is 0 Å². The monoisotopic (exact) mass is 279 g/mol. The van der Waals surface area contributed by atoms with Crippen molar-refractivity contribution < 1.29 is 0 Å². The molecule has 0 aliphatic heterocycles. The maximum atomic E-state index is 4.44. The second-order valence-corrected chi connectivity index (χ2v) is 5.86. The van der Waals surface area contributed by atoms with E-state index in [2.05, 4.69) is 66.7 Å². The van der Waals surface area contributed by atoms with Crippen LogP contribution >= 0.6 is 11.3 Å². The average Bonchev–Trinajstić information content (AvgIpc) is 2.93. The molecule has 0 bridgehead atoms. The van der Waals surface area contributed by atoms with Crippen LogP contribution in [0.3, 0.4) is 0 Å². The molecule has 0 spiro atoms. The van der Waals surface area contributed by atoms with Gasteiger partial charge in [0.1, 0.15) is 0 Å². The Morgan fingerprint density at radius 3 is 2.25 bits per heavy atom. The number of rotatable bonds is 3. The molecule has 20 heavy (non-hydrogen) atoms. The molecule has 0 saturated carbocycles. The molecule has 2 heteroatoms. The quantitative estimate of drug-likeness (QED) is 0.656. The van der Waals surface area contributed by atoms with Gasteiger partial charge in [0.05, 0.1) is 11.2 Å². The molecule has 0 N–H and O–H groups in total. The molecular weight excluding hydrogens is 262 g/mol. The molecule has 0 unspecified atom stereocenters. The maximum absolute atomic E-state index is 4.44. The lowest BCUT2D eigenvalue weighted by molar-refractivity contribution is 1.17. The van der Waals surface area contributed by atoms with E-state index in [-0.39, 0.29) is 0 Å². The molecule has 3 aromatic rings. The van der Waals surface area contributed by atoms with Gasteiger partial charge >= 0.3 is 0 Å². The van der Waals surface area contributed by atoms with Crippen LogP contribution in [0.25, 0.3) is 11.3 Å². The summed E-state index contributed by atoms with van der Waals surface area (Å²) in [7, 11) is 0. The molecule has 0 saturated heterocycles. The molecule has 1 aromatic heterocycles. The van der Waals surface area contributed by atoms with Crippen LogP contribution in [0, 0.1) is 13.8 Å². The summed E-state index contributed by atoms with van der Waals surface area (Å²) in [4.78, 5) is 4.44. The van der Waals surface area contributed by atoms with Gasteiger partial charge < -0.3 is 0 Å². The zero-order valence-corrected chi connectivity index (χ0v) is 12.6. The van der Waals surface area contributed by atoms with Crippen LogP contribution in [-0.4, -0.2) is 4.98 Å². The topological polar surface area (TPSA) is 12.9 Å². The van der Waals surface area contributed by atoms with Crippen LogP contribution in [0.4, 0.5) is 0 Å². The number of hydrogen-bond donors (Lipinski definition) is 0. The van der Waals surface area contributed by atoms with Crippen molar-refractivity contribution in [1.29, 1.82) is 0 Å². The first kappa shape index (κ1) is 13.1. The third-order valence-corrected chi connectivity index (χ3v) is 4.12. The van der Waals surface area contributed by atoms with E-state index in [4.69, 9.17) is 0 Å². The van der Waals surface area contributed by atoms with Crippen LogP contribution in [-0.2, 0) is 6.42 Å². The summed E-state index contributed by atoms with van der Waals surface area (Å²) in [6, 6.07) is 15.2. The summed E-state index contributed by atoms with van der Waals surface area (Å²) in [5.74, 6) is 0. The van der Waals surface area contributed by atoms with E-state index >= 15 is 0 Å². The van der Waals surface area contributed by atoms with E-state index < -0.39 is 0 Å². The van der Waals surface area contributed by atoms with Crippen molar-refractivity contribution in [3.63, 3.8) is 0 Å². The molecule has 0 fully saturated rings. The largest absolute Gasteiger partial charge is 0.245 e. The van der Waals surface area contributed by atoms with Gasteiger partial charge in [-0.25, -0.2) is 4.98 Å². The van der Waals surface area contributed by atoms with E-state index in [9.17, 15) is 0 Å². The Kier molecular flexibility index (Phi) is 3.66. The Morgan fingerprint density at radius 2 is 1.65 bits per heavy atom. The smallest absolute Gasteiger partial charge is 0.0816 e. The highest BCUT2D eigenvalue weighted by molar-refractivity contribution is 7.07. The summed E-state index contributed by atoms with van der Waals surface area (Å²) in [6.45, 7) is 4.35. The molecule has 1 heterocycles. The van der Waals surface area contributed by atoms with Gasteiger partial charge in [-0.2, -0.15) is 0 Å². The first-order valence-corrected chi connectivity index (χ1v) is 7.71. The lowest BCUT2D eigenvalue weighted by atomic mass is 9.94. The Hall–Kier alpha value is -1.93. The van der Waals surface area contributed by atoms with Gasteiger partial charge in [-0.3, -0.25) is 0 Å². The molecule has 2 aromatic carbocycles. The number of nitrogens with zero attached hydrogens (tertiary/aromatic N) is 1. The molecule has 0 amide bonds. The summed E-state index contributed by atoms with van der Waals surface area (Å²) in [6.07, 6.45) is 0.986. The Bertz CT molecular complexity index is 677. The fourth-order valence-corrected chi connectivity index (χ4v) is 3.27. The van der Waals surface area contributed by atoms with Crippen LogP contribution < -0.4 is 0 Å². The Labute approximate surface area is 124 Å². The van der Waals surface area contributed by atoms with Crippen LogP contribution in [0.5, 0.6) is 0 Å². The van der Waals surface area contributed by atoms with E-state index in [0.717, 1.165) is 12.1 Å². The van der Waals surface area contributed by atoms with Gasteiger partial charge in [0, 0.05) is 10.9 Å². The molecule has 1 nitrogen and oxygen atoms in total. The SMILES string of the molecule is Cc1cc(Cc2ccccc2)cc(C)c1-c1cscn1. The molecule has 0 aliphatic rings. The highest BCUT2D eigenvalue weighted by Gasteiger charge is 2.09. The van der Waals surface area contributed by atoms with E-state index in [1.54, 1.807) is 11.3 Å². The number of aromatic nitrogens is 1. The summed E-state index contributed by atoms with van der Waals surface area (Å²) in [5.41, 5.74) is 9.60. The van der Waals surface area contributed by atoms with Crippen molar-refractivity contribution in [3.05, 3.63) is 75.6 Å². The van der Waals surface area contributed by atoms with Crippen molar-refractivity contribution in [1.82, 2.24) is 4.98 Å². The predicted molar refractivity (Wildman–Crippen MR) is 86.3 cm³/mol. The van der Waals surface area contributed by atoms with Gasteiger partial charge in [0.15, 0.2) is 0 Å². The average molecular weight is 279 g/mol. The van der Waals surface area contributed by atoms with Gasteiger partial charge in [-0.15, -0.1) is 11.3 Å². The van der Waals surface area contributed by atoms with E-state index in [1.807, 2.05) is 5.51 Å². The van der Waals surface area contributed by atoms with Crippen molar-refractivity contribution in [2.75, 3.05) is 0 Å².